The van der Waals surface area contributed by atoms with Crippen LogP contribution in [0.5, 0.6) is 5.75 Å². The molecule has 0 spiro atoms. The summed E-state index contributed by atoms with van der Waals surface area (Å²) in [6.07, 6.45) is 1.22. The Kier molecular flexibility index (Phi) is 7.87. The largest absolute Gasteiger partial charge is 0.494 e. The maximum atomic E-state index is 11.8. The third kappa shape index (κ3) is 6.27. The number of guanidine groups is 1. The summed E-state index contributed by atoms with van der Waals surface area (Å²) in [6.45, 7) is 8.18. The Morgan fingerprint density at radius 1 is 1.11 bits per heavy atom. The first-order valence-corrected chi connectivity index (χ1v) is 11.3. The van der Waals surface area contributed by atoms with Crippen LogP contribution >= 0.6 is 0 Å². The number of benzene rings is 2. The highest BCUT2D eigenvalue weighted by atomic mass is 32.2. The summed E-state index contributed by atoms with van der Waals surface area (Å²) in [7, 11) is -3.21. The second-order valence-electron chi connectivity index (χ2n) is 6.46. The van der Waals surface area contributed by atoms with Gasteiger partial charge >= 0.3 is 0 Å². The highest BCUT2D eigenvalue weighted by molar-refractivity contribution is 7.90. The molecule has 0 aromatic heterocycles. The number of aryl methyl sites for hydroxylation is 1. The van der Waals surface area contributed by atoms with Gasteiger partial charge < -0.3 is 15.4 Å². The SMILES string of the molecule is CCNC(=NCc1ccc(S(C)(=O)=O)c(C)c1)NCc1ccccc1OCC. The number of hydrogen-bond acceptors (Lipinski definition) is 4. The molecule has 0 saturated heterocycles. The second kappa shape index (κ2) is 10.1. The number of aliphatic imine (C=N–C) groups is 1. The molecule has 0 unspecified atom stereocenters. The van der Waals surface area contributed by atoms with Gasteiger partial charge in [-0.3, -0.25) is 0 Å². The molecule has 0 heterocycles. The first-order valence-electron chi connectivity index (χ1n) is 9.37. The Hall–Kier alpha value is -2.54. The fraction of sp³-hybridized carbons (Fsp3) is 0.381. The van der Waals surface area contributed by atoms with Crippen molar-refractivity contribution in [3.8, 4) is 5.75 Å². The number of para-hydroxylation sites is 1. The molecular weight excluding hydrogens is 374 g/mol. The normalized spacial score (nSPS) is 11.9. The molecule has 2 aromatic carbocycles. The van der Waals surface area contributed by atoms with Gasteiger partial charge in [0.1, 0.15) is 5.75 Å². The van der Waals surface area contributed by atoms with E-state index >= 15 is 0 Å². The molecule has 0 aliphatic rings. The fourth-order valence-electron chi connectivity index (χ4n) is 2.86. The topological polar surface area (TPSA) is 79.8 Å². The zero-order valence-corrected chi connectivity index (χ0v) is 17.8. The molecule has 2 rings (SSSR count). The van der Waals surface area contributed by atoms with E-state index in [0.29, 0.717) is 30.6 Å². The van der Waals surface area contributed by atoms with Crippen LogP contribution in [0.15, 0.2) is 52.4 Å². The summed E-state index contributed by atoms with van der Waals surface area (Å²) in [5, 5.41) is 6.55. The molecule has 0 aliphatic carbocycles. The zero-order chi connectivity index (χ0) is 20.6. The van der Waals surface area contributed by atoms with Gasteiger partial charge in [-0.25, -0.2) is 13.4 Å². The van der Waals surface area contributed by atoms with Crippen LogP contribution < -0.4 is 15.4 Å². The van der Waals surface area contributed by atoms with Crippen LogP contribution in [0.4, 0.5) is 0 Å². The fourth-order valence-corrected chi connectivity index (χ4v) is 3.82. The van der Waals surface area contributed by atoms with E-state index in [1.165, 1.54) is 6.26 Å². The molecule has 0 atom stereocenters. The molecule has 0 aliphatic heterocycles. The highest BCUT2D eigenvalue weighted by Crippen LogP contribution is 2.18. The average Bonchev–Trinajstić information content (AvgIpc) is 2.64. The minimum Gasteiger partial charge on any atom is -0.494 e. The Morgan fingerprint density at radius 2 is 1.86 bits per heavy atom. The maximum absolute atomic E-state index is 11.8. The number of ether oxygens (including phenoxy) is 1. The number of sulfone groups is 1. The number of hydrogen-bond donors (Lipinski definition) is 2. The van der Waals surface area contributed by atoms with Crippen LogP contribution in [0.25, 0.3) is 0 Å². The van der Waals surface area contributed by atoms with Gasteiger partial charge in [0, 0.05) is 24.9 Å². The zero-order valence-electron chi connectivity index (χ0n) is 17.0. The van der Waals surface area contributed by atoms with Gasteiger partial charge in [0.25, 0.3) is 0 Å². The van der Waals surface area contributed by atoms with Crippen LogP contribution in [0.2, 0.25) is 0 Å². The maximum Gasteiger partial charge on any atom is 0.191 e. The predicted octanol–water partition coefficient (Wildman–Crippen LogP) is 3.05. The third-order valence-corrected chi connectivity index (χ3v) is 5.38. The number of nitrogens with zero attached hydrogens (tertiary/aromatic N) is 1. The van der Waals surface area contributed by atoms with E-state index in [9.17, 15) is 8.42 Å². The lowest BCUT2D eigenvalue weighted by atomic mass is 10.1. The van der Waals surface area contributed by atoms with Crippen LogP contribution in [0.3, 0.4) is 0 Å². The van der Waals surface area contributed by atoms with Gasteiger partial charge in [0.15, 0.2) is 15.8 Å². The van der Waals surface area contributed by atoms with E-state index in [1.807, 2.05) is 44.2 Å². The molecule has 7 heteroatoms. The Balaban J connectivity index is 2.10. The van der Waals surface area contributed by atoms with Crippen LogP contribution in [0, 0.1) is 6.92 Å². The minimum atomic E-state index is -3.21. The molecule has 28 heavy (non-hydrogen) atoms. The van der Waals surface area contributed by atoms with E-state index in [2.05, 4.69) is 15.6 Å². The average molecular weight is 404 g/mol. The smallest absolute Gasteiger partial charge is 0.191 e. The van der Waals surface area contributed by atoms with Crippen molar-refractivity contribution in [2.45, 2.75) is 38.8 Å². The summed E-state index contributed by atoms with van der Waals surface area (Å²) >= 11 is 0. The lowest BCUT2D eigenvalue weighted by molar-refractivity contribution is 0.336. The number of rotatable bonds is 8. The molecule has 0 saturated carbocycles. The lowest BCUT2D eigenvalue weighted by Crippen LogP contribution is -2.36. The lowest BCUT2D eigenvalue weighted by Gasteiger charge is -2.14. The van der Waals surface area contributed by atoms with E-state index < -0.39 is 9.84 Å². The van der Waals surface area contributed by atoms with E-state index in [1.54, 1.807) is 19.1 Å². The van der Waals surface area contributed by atoms with E-state index in [-0.39, 0.29) is 0 Å². The molecular formula is C21H29N3O3S. The van der Waals surface area contributed by atoms with Crippen LogP contribution in [0.1, 0.15) is 30.5 Å². The molecule has 0 amide bonds. The van der Waals surface area contributed by atoms with Gasteiger partial charge in [0.2, 0.25) is 0 Å². The summed E-state index contributed by atoms with van der Waals surface area (Å²) in [5.41, 5.74) is 2.75. The van der Waals surface area contributed by atoms with Crippen molar-refractivity contribution >= 4 is 15.8 Å². The number of nitrogens with one attached hydrogen (secondary N) is 2. The van der Waals surface area contributed by atoms with Crippen molar-refractivity contribution in [1.82, 2.24) is 10.6 Å². The summed E-state index contributed by atoms with van der Waals surface area (Å²) < 4.78 is 29.2. The first kappa shape index (κ1) is 21.8. The summed E-state index contributed by atoms with van der Waals surface area (Å²) in [6, 6.07) is 13.2. The summed E-state index contributed by atoms with van der Waals surface area (Å²) in [4.78, 5) is 4.97. The van der Waals surface area contributed by atoms with Gasteiger partial charge in [-0.1, -0.05) is 30.3 Å². The highest BCUT2D eigenvalue weighted by Gasteiger charge is 2.11. The van der Waals surface area contributed by atoms with Gasteiger partial charge in [-0.15, -0.1) is 0 Å². The first-order chi connectivity index (χ1) is 13.3. The van der Waals surface area contributed by atoms with Crippen molar-refractivity contribution in [1.29, 1.82) is 0 Å². The molecule has 0 fully saturated rings. The van der Waals surface area contributed by atoms with Crippen molar-refractivity contribution < 1.29 is 13.2 Å². The molecule has 2 N–H and O–H groups in total. The molecule has 6 nitrogen and oxygen atoms in total. The van der Waals surface area contributed by atoms with Crippen LogP contribution in [-0.2, 0) is 22.9 Å². The predicted molar refractivity (Wildman–Crippen MR) is 114 cm³/mol. The molecule has 0 radical (unpaired) electrons. The summed E-state index contributed by atoms with van der Waals surface area (Å²) in [5.74, 6) is 1.55. The molecule has 2 aromatic rings. The Morgan fingerprint density at radius 3 is 2.50 bits per heavy atom. The van der Waals surface area contributed by atoms with Gasteiger partial charge in [0.05, 0.1) is 18.0 Å². The van der Waals surface area contributed by atoms with Crippen molar-refractivity contribution in [2.75, 3.05) is 19.4 Å². The second-order valence-corrected chi connectivity index (χ2v) is 8.45. The van der Waals surface area contributed by atoms with Crippen molar-refractivity contribution in [3.05, 3.63) is 59.2 Å². The quantitative estimate of drug-likeness (QED) is 0.523. The van der Waals surface area contributed by atoms with Crippen LogP contribution in [-0.4, -0.2) is 33.8 Å². The molecule has 152 valence electrons. The molecule has 0 bridgehead atoms. The Bertz CT molecular complexity index is 924. The monoisotopic (exact) mass is 403 g/mol. The van der Waals surface area contributed by atoms with Crippen molar-refractivity contribution in [3.63, 3.8) is 0 Å². The third-order valence-electron chi connectivity index (χ3n) is 4.12. The van der Waals surface area contributed by atoms with Gasteiger partial charge in [-0.2, -0.15) is 0 Å². The standard InChI is InChI=1S/C21H29N3O3S/c1-5-22-21(24-15-18-9-7-8-10-19(18)27-6-2)23-14-17-11-12-20(16(3)13-17)28(4,25)26/h7-13H,5-6,14-15H2,1-4H3,(H2,22,23,24). The van der Waals surface area contributed by atoms with E-state index in [4.69, 9.17) is 4.74 Å². The van der Waals surface area contributed by atoms with E-state index in [0.717, 1.165) is 29.0 Å². The van der Waals surface area contributed by atoms with Crippen molar-refractivity contribution in [2.24, 2.45) is 4.99 Å². The Labute approximate surface area is 168 Å². The van der Waals surface area contributed by atoms with Gasteiger partial charge in [-0.05, 0) is 44.0 Å². The minimum absolute atomic E-state index is 0.359.